The molecule has 0 aliphatic heterocycles. The van der Waals surface area contributed by atoms with E-state index < -0.39 is 29.2 Å². The van der Waals surface area contributed by atoms with Crippen molar-refractivity contribution < 1.29 is 31.6 Å². The Labute approximate surface area is 198 Å². The first kappa shape index (κ1) is 23.8. The van der Waals surface area contributed by atoms with E-state index in [1.807, 2.05) is 31.2 Å². The van der Waals surface area contributed by atoms with E-state index in [0.717, 1.165) is 23.3 Å². The molecule has 0 saturated carbocycles. The predicted octanol–water partition coefficient (Wildman–Crippen LogP) is 6.09. The Bertz CT molecular complexity index is 1330. The summed E-state index contributed by atoms with van der Waals surface area (Å²) in [6.45, 7) is 1.96. The molecule has 0 unspecified atom stereocenters. The average Bonchev–Trinajstić information content (AvgIpc) is 3.51. The molecule has 0 fully saturated rings. The number of alkyl halides is 3. The Morgan fingerprint density at radius 3 is 2.49 bits per heavy atom. The van der Waals surface area contributed by atoms with Crippen molar-refractivity contribution in [1.82, 2.24) is 4.98 Å². The van der Waals surface area contributed by atoms with Crippen molar-refractivity contribution in [3.63, 3.8) is 0 Å². The Morgan fingerprint density at radius 2 is 1.80 bits per heavy atom. The molecule has 35 heavy (non-hydrogen) atoms. The van der Waals surface area contributed by atoms with Crippen molar-refractivity contribution in [2.45, 2.75) is 25.9 Å². The quantitative estimate of drug-likeness (QED) is 0.332. The molecule has 10 heteroatoms. The smallest absolute Gasteiger partial charge is 0.418 e. The number of amides is 2. The standard InChI is InChI=1S/C25H20F3N3O4/c1-15-2-4-16(5-3-15)21-13-29-23(35-21)9-8-22(32)31-20-7-6-18(12-19(20)25(26,27)28)30-24(33)17-10-11-34-14-17/h2-7,10-14H,8-9H2,1H3,(H,30,33)(H,31,32). The fourth-order valence-corrected chi connectivity index (χ4v) is 3.27. The number of carbonyl (C=O) groups is 2. The Kier molecular flexibility index (Phi) is 6.72. The van der Waals surface area contributed by atoms with Gasteiger partial charge in [0.25, 0.3) is 5.91 Å². The minimum absolute atomic E-state index is 0.0788. The maximum Gasteiger partial charge on any atom is 0.418 e. The third kappa shape index (κ3) is 5.97. The van der Waals surface area contributed by atoms with Crippen LogP contribution in [0, 0.1) is 6.92 Å². The summed E-state index contributed by atoms with van der Waals surface area (Å²) in [6, 6.07) is 12.1. The number of nitrogens with zero attached hydrogens (tertiary/aromatic N) is 1. The van der Waals surface area contributed by atoms with Crippen LogP contribution in [0.15, 0.2) is 76.1 Å². The molecule has 180 valence electrons. The summed E-state index contributed by atoms with van der Waals surface area (Å²) in [4.78, 5) is 28.6. The number of aryl methyl sites for hydroxylation is 2. The van der Waals surface area contributed by atoms with E-state index in [4.69, 9.17) is 8.83 Å². The van der Waals surface area contributed by atoms with Gasteiger partial charge in [0.05, 0.1) is 29.3 Å². The lowest BCUT2D eigenvalue weighted by molar-refractivity contribution is -0.136. The van der Waals surface area contributed by atoms with Crippen molar-refractivity contribution in [2.24, 2.45) is 0 Å². The highest BCUT2D eigenvalue weighted by Crippen LogP contribution is 2.37. The van der Waals surface area contributed by atoms with Crippen LogP contribution in [0.1, 0.15) is 33.8 Å². The first-order valence-electron chi connectivity index (χ1n) is 10.6. The van der Waals surface area contributed by atoms with Crippen molar-refractivity contribution >= 4 is 23.2 Å². The van der Waals surface area contributed by atoms with E-state index in [0.29, 0.717) is 11.7 Å². The van der Waals surface area contributed by atoms with Gasteiger partial charge in [0.1, 0.15) is 6.26 Å². The van der Waals surface area contributed by atoms with Crippen LogP contribution in [-0.4, -0.2) is 16.8 Å². The highest BCUT2D eigenvalue weighted by atomic mass is 19.4. The van der Waals surface area contributed by atoms with Gasteiger partial charge in [0.15, 0.2) is 11.7 Å². The predicted molar refractivity (Wildman–Crippen MR) is 122 cm³/mol. The van der Waals surface area contributed by atoms with Gasteiger partial charge in [-0.05, 0) is 31.2 Å². The van der Waals surface area contributed by atoms with Gasteiger partial charge >= 0.3 is 6.18 Å². The molecule has 0 atom stereocenters. The molecule has 0 aliphatic carbocycles. The summed E-state index contributed by atoms with van der Waals surface area (Å²) < 4.78 is 51.3. The molecule has 0 spiro atoms. The van der Waals surface area contributed by atoms with Gasteiger partial charge in [-0.25, -0.2) is 4.98 Å². The molecule has 2 amide bonds. The lowest BCUT2D eigenvalue weighted by atomic mass is 10.1. The normalized spacial score (nSPS) is 11.3. The fourth-order valence-electron chi connectivity index (χ4n) is 3.27. The first-order chi connectivity index (χ1) is 16.7. The Hall–Kier alpha value is -4.34. The number of furan rings is 1. The Balaban J connectivity index is 1.41. The molecule has 2 aromatic heterocycles. The number of halogens is 3. The average molecular weight is 483 g/mol. The van der Waals surface area contributed by atoms with Gasteiger partial charge in [-0.1, -0.05) is 29.8 Å². The number of benzene rings is 2. The molecular formula is C25H20F3N3O4. The van der Waals surface area contributed by atoms with E-state index in [9.17, 15) is 22.8 Å². The minimum Gasteiger partial charge on any atom is -0.472 e. The lowest BCUT2D eigenvalue weighted by Gasteiger charge is -2.15. The van der Waals surface area contributed by atoms with E-state index in [1.54, 1.807) is 0 Å². The van der Waals surface area contributed by atoms with Crippen LogP contribution >= 0.6 is 0 Å². The third-order valence-electron chi connectivity index (χ3n) is 5.10. The van der Waals surface area contributed by atoms with Gasteiger partial charge in [-0.15, -0.1) is 0 Å². The maximum atomic E-state index is 13.6. The highest BCUT2D eigenvalue weighted by Gasteiger charge is 2.34. The zero-order valence-corrected chi connectivity index (χ0v) is 18.5. The van der Waals surface area contributed by atoms with E-state index >= 15 is 0 Å². The van der Waals surface area contributed by atoms with Crippen LogP contribution in [-0.2, 0) is 17.4 Å². The number of aromatic nitrogens is 1. The van der Waals surface area contributed by atoms with Crippen molar-refractivity contribution in [3.8, 4) is 11.3 Å². The second-order valence-electron chi connectivity index (χ2n) is 7.76. The van der Waals surface area contributed by atoms with Crippen LogP contribution in [0.4, 0.5) is 24.5 Å². The molecule has 2 N–H and O–H groups in total. The van der Waals surface area contributed by atoms with Crippen molar-refractivity contribution in [3.05, 3.63) is 89.8 Å². The monoisotopic (exact) mass is 483 g/mol. The summed E-state index contributed by atoms with van der Waals surface area (Å²) in [5.74, 6) is -0.433. The SMILES string of the molecule is Cc1ccc(-c2cnc(CCC(=O)Nc3ccc(NC(=O)c4ccoc4)cc3C(F)(F)F)o2)cc1. The second-order valence-corrected chi connectivity index (χ2v) is 7.76. The third-order valence-corrected chi connectivity index (χ3v) is 5.10. The molecule has 0 bridgehead atoms. The summed E-state index contributed by atoms with van der Waals surface area (Å²) in [6.07, 6.45) is -0.800. The summed E-state index contributed by atoms with van der Waals surface area (Å²) in [7, 11) is 0. The van der Waals surface area contributed by atoms with Gasteiger partial charge in [-0.2, -0.15) is 13.2 Å². The number of nitrogens with one attached hydrogen (secondary N) is 2. The first-order valence-corrected chi connectivity index (χ1v) is 10.6. The van der Waals surface area contributed by atoms with Gasteiger partial charge in [0.2, 0.25) is 5.91 Å². The van der Waals surface area contributed by atoms with Crippen molar-refractivity contribution in [1.29, 1.82) is 0 Å². The van der Waals surface area contributed by atoms with E-state index in [-0.39, 0.29) is 24.1 Å². The number of rotatable bonds is 7. The molecule has 0 saturated heterocycles. The number of anilines is 2. The molecule has 4 rings (SSSR count). The zero-order valence-electron chi connectivity index (χ0n) is 18.5. The van der Waals surface area contributed by atoms with Crippen LogP contribution < -0.4 is 10.6 Å². The van der Waals surface area contributed by atoms with Gasteiger partial charge in [-0.3, -0.25) is 9.59 Å². The summed E-state index contributed by atoms with van der Waals surface area (Å²) in [5.41, 5.74) is 0.494. The number of oxazole rings is 1. The van der Waals surface area contributed by atoms with Gasteiger partial charge in [0, 0.05) is 24.1 Å². The van der Waals surface area contributed by atoms with Crippen LogP contribution in [0.3, 0.4) is 0 Å². The van der Waals surface area contributed by atoms with Crippen LogP contribution in [0.2, 0.25) is 0 Å². The highest BCUT2D eigenvalue weighted by molar-refractivity contribution is 6.04. The topological polar surface area (TPSA) is 97.4 Å². The van der Waals surface area contributed by atoms with Crippen LogP contribution in [0.25, 0.3) is 11.3 Å². The van der Waals surface area contributed by atoms with Crippen molar-refractivity contribution in [2.75, 3.05) is 10.6 Å². The number of hydrogen-bond donors (Lipinski definition) is 2. The molecule has 4 aromatic rings. The molecular weight excluding hydrogens is 463 g/mol. The molecule has 0 radical (unpaired) electrons. The maximum absolute atomic E-state index is 13.6. The van der Waals surface area contributed by atoms with Gasteiger partial charge < -0.3 is 19.5 Å². The molecule has 0 aliphatic rings. The molecule has 7 nitrogen and oxygen atoms in total. The van der Waals surface area contributed by atoms with E-state index in [1.165, 1.54) is 30.9 Å². The molecule has 2 heterocycles. The number of carbonyl (C=O) groups excluding carboxylic acids is 2. The lowest BCUT2D eigenvalue weighted by Crippen LogP contribution is -2.18. The fraction of sp³-hybridized carbons (Fsp3) is 0.160. The summed E-state index contributed by atoms with van der Waals surface area (Å²) >= 11 is 0. The number of hydrogen-bond acceptors (Lipinski definition) is 5. The minimum atomic E-state index is -4.76. The Morgan fingerprint density at radius 1 is 1.03 bits per heavy atom. The summed E-state index contributed by atoms with van der Waals surface area (Å²) in [5, 5.41) is 4.65. The van der Waals surface area contributed by atoms with E-state index in [2.05, 4.69) is 15.6 Å². The van der Waals surface area contributed by atoms with Crippen LogP contribution in [0.5, 0.6) is 0 Å². The largest absolute Gasteiger partial charge is 0.472 e. The second kappa shape index (κ2) is 9.88. The zero-order chi connectivity index (χ0) is 25.0. The molecule has 2 aromatic carbocycles.